The second kappa shape index (κ2) is 10.7. The quantitative estimate of drug-likeness (QED) is 0.183. The zero-order valence-electron chi connectivity index (χ0n) is 16.4. The largest absolute Gasteiger partial charge is 0.377 e. The number of hydrogen-bond acceptors (Lipinski definition) is 5. The Kier molecular flexibility index (Phi) is 8.21. The van der Waals surface area contributed by atoms with Crippen LogP contribution in [0, 0.1) is 11.3 Å². The van der Waals surface area contributed by atoms with Crippen LogP contribution in [0.1, 0.15) is 5.56 Å². The molecule has 0 spiro atoms. The summed E-state index contributed by atoms with van der Waals surface area (Å²) < 4.78 is 31.0. The van der Waals surface area contributed by atoms with E-state index in [4.69, 9.17) is 27.4 Å². The number of anilines is 1. The fraction of sp³-hybridized carbons (Fsp3) is 0. The third kappa shape index (κ3) is 6.59. The van der Waals surface area contributed by atoms with E-state index in [0.717, 1.165) is 0 Å². The van der Waals surface area contributed by atoms with Crippen LogP contribution >= 0.6 is 55.1 Å². The Morgan fingerprint density at radius 3 is 2.21 bits per heavy atom. The topological polar surface area (TPSA) is 96.3 Å². The molecule has 0 heterocycles. The summed E-state index contributed by atoms with van der Waals surface area (Å²) in [6.07, 6.45) is 1.35. The smallest absolute Gasteiger partial charge is 0.339 e. The fourth-order valence-electron chi connectivity index (χ4n) is 2.58. The Labute approximate surface area is 217 Å². The number of amides is 1. The predicted molar refractivity (Wildman–Crippen MR) is 135 cm³/mol. The predicted octanol–water partition coefficient (Wildman–Crippen LogP) is 6.83. The van der Waals surface area contributed by atoms with Crippen molar-refractivity contribution >= 4 is 82.9 Å². The lowest BCUT2D eigenvalue weighted by molar-refractivity contribution is -0.112. The standard InChI is InChI=1S/C22H12Br2Cl2N2O4S/c23-19-9-13(8-14(12-27)22(29)28-17-3-1-2-16(26)11-17)10-20(24)21(19)32-33(30,31)18-6-4-15(25)5-7-18/h1-11H,(H,28,29)/b14-8+. The Bertz CT molecular complexity index is 1380. The van der Waals surface area contributed by atoms with Gasteiger partial charge in [-0.2, -0.15) is 13.7 Å². The molecule has 0 bridgehead atoms. The van der Waals surface area contributed by atoms with Crippen molar-refractivity contribution in [2.45, 2.75) is 4.90 Å². The molecule has 0 radical (unpaired) electrons. The van der Waals surface area contributed by atoms with Gasteiger partial charge in [0.2, 0.25) is 0 Å². The summed E-state index contributed by atoms with van der Waals surface area (Å²) in [6.45, 7) is 0. The number of hydrogen-bond donors (Lipinski definition) is 1. The third-order valence-corrected chi connectivity index (χ3v) is 6.98. The minimum Gasteiger partial charge on any atom is -0.377 e. The Balaban J connectivity index is 1.86. The molecule has 11 heteroatoms. The van der Waals surface area contributed by atoms with Crippen LogP contribution in [0.4, 0.5) is 5.69 Å². The van der Waals surface area contributed by atoms with E-state index in [2.05, 4.69) is 37.2 Å². The minimum absolute atomic E-state index is 0.00369. The van der Waals surface area contributed by atoms with Gasteiger partial charge in [-0.15, -0.1) is 0 Å². The molecule has 0 unspecified atom stereocenters. The van der Waals surface area contributed by atoms with Gasteiger partial charge in [-0.3, -0.25) is 4.79 Å². The zero-order valence-corrected chi connectivity index (χ0v) is 21.9. The van der Waals surface area contributed by atoms with Crippen molar-refractivity contribution in [3.63, 3.8) is 0 Å². The lowest BCUT2D eigenvalue weighted by Gasteiger charge is -2.12. The molecule has 33 heavy (non-hydrogen) atoms. The van der Waals surface area contributed by atoms with Crippen LogP contribution in [0.25, 0.3) is 6.08 Å². The Morgan fingerprint density at radius 1 is 1.00 bits per heavy atom. The highest BCUT2D eigenvalue weighted by Gasteiger charge is 2.21. The number of rotatable bonds is 6. The van der Waals surface area contributed by atoms with E-state index in [1.165, 1.54) is 42.5 Å². The van der Waals surface area contributed by atoms with Gasteiger partial charge < -0.3 is 9.50 Å². The molecular formula is C22H12Br2Cl2N2O4S. The number of nitrogens with one attached hydrogen (secondary N) is 1. The number of halogens is 4. The molecule has 6 nitrogen and oxygen atoms in total. The first-order valence-electron chi connectivity index (χ1n) is 8.97. The summed E-state index contributed by atoms with van der Waals surface area (Å²) in [5, 5.41) is 12.9. The first kappa shape index (κ1) is 25.3. The summed E-state index contributed by atoms with van der Waals surface area (Å²) in [5.74, 6) is -0.623. The van der Waals surface area contributed by atoms with Gasteiger partial charge in [0.15, 0.2) is 5.75 Å². The molecule has 168 valence electrons. The van der Waals surface area contributed by atoms with E-state index in [-0.39, 0.29) is 25.2 Å². The summed E-state index contributed by atoms with van der Waals surface area (Å²) in [4.78, 5) is 12.4. The first-order chi connectivity index (χ1) is 15.6. The maximum absolute atomic E-state index is 12.6. The van der Waals surface area contributed by atoms with Crippen molar-refractivity contribution in [1.29, 1.82) is 5.26 Å². The van der Waals surface area contributed by atoms with E-state index in [1.807, 2.05) is 6.07 Å². The molecule has 0 fully saturated rings. The van der Waals surface area contributed by atoms with Gasteiger partial charge in [-0.1, -0.05) is 29.3 Å². The van der Waals surface area contributed by atoms with Crippen LogP contribution in [-0.4, -0.2) is 14.3 Å². The number of carbonyl (C=O) groups is 1. The van der Waals surface area contributed by atoms with E-state index in [0.29, 0.717) is 21.3 Å². The number of benzene rings is 3. The van der Waals surface area contributed by atoms with Crippen molar-refractivity contribution in [2.75, 3.05) is 5.32 Å². The first-order valence-corrected chi connectivity index (χ1v) is 12.7. The SMILES string of the molecule is N#C/C(=C\c1cc(Br)c(OS(=O)(=O)c2ccc(Cl)cc2)c(Br)c1)C(=O)Nc1cccc(Cl)c1. The molecule has 0 atom stereocenters. The highest BCUT2D eigenvalue weighted by Crippen LogP contribution is 2.37. The van der Waals surface area contributed by atoms with Crippen LogP contribution in [0.15, 0.2) is 80.1 Å². The van der Waals surface area contributed by atoms with Crippen molar-refractivity contribution in [3.8, 4) is 11.8 Å². The normalized spacial score (nSPS) is 11.5. The van der Waals surface area contributed by atoms with Crippen LogP contribution in [-0.2, 0) is 14.9 Å². The molecule has 0 aliphatic heterocycles. The number of carbonyl (C=O) groups excluding carboxylic acids is 1. The third-order valence-electron chi connectivity index (χ3n) is 4.07. The molecule has 1 N–H and O–H groups in total. The summed E-state index contributed by atoms with van der Waals surface area (Å²) in [6, 6.07) is 16.9. The Hall–Kier alpha value is -2.35. The lowest BCUT2D eigenvalue weighted by Crippen LogP contribution is -2.13. The molecule has 0 aliphatic rings. The van der Waals surface area contributed by atoms with Gasteiger partial charge >= 0.3 is 10.1 Å². The van der Waals surface area contributed by atoms with E-state index >= 15 is 0 Å². The minimum atomic E-state index is -4.13. The van der Waals surface area contributed by atoms with Crippen molar-refractivity contribution in [2.24, 2.45) is 0 Å². The monoisotopic (exact) mass is 628 g/mol. The maximum atomic E-state index is 12.6. The van der Waals surface area contributed by atoms with Crippen molar-refractivity contribution < 1.29 is 17.4 Å². The van der Waals surface area contributed by atoms with Crippen LogP contribution in [0.5, 0.6) is 5.75 Å². The zero-order chi connectivity index (χ0) is 24.2. The van der Waals surface area contributed by atoms with E-state index < -0.39 is 16.0 Å². The number of nitriles is 1. The van der Waals surface area contributed by atoms with Gasteiger partial charge in [-0.05, 0) is 98.1 Å². The van der Waals surface area contributed by atoms with E-state index in [1.54, 1.807) is 24.3 Å². The van der Waals surface area contributed by atoms with Gasteiger partial charge in [0, 0.05) is 15.7 Å². The lowest BCUT2D eigenvalue weighted by atomic mass is 10.1. The Morgan fingerprint density at radius 2 is 1.64 bits per heavy atom. The van der Waals surface area contributed by atoms with Crippen LogP contribution < -0.4 is 9.50 Å². The van der Waals surface area contributed by atoms with Gasteiger partial charge in [0.05, 0.1) is 8.95 Å². The summed E-state index contributed by atoms with van der Waals surface area (Å²) in [7, 11) is -4.13. The summed E-state index contributed by atoms with van der Waals surface area (Å²) >= 11 is 18.3. The highest BCUT2D eigenvalue weighted by atomic mass is 79.9. The highest BCUT2D eigenvalue weighted by molar-refractivity contribution is 9.11. The molecule has 0 saturated carbocycles. The second-order valence-electron chi connectivity index (χ2n) is 6.44. The fourth-order valence-corrected chi connectivity index (χ4v) is 5.46. The summed E-state index contributed by atoms with van der Waals surface area (Å²) in [5.41, 5.74) is 0.714. The second-order valence-corrected chi connectivity index (χ2v) is 10.6. The average molecular weight is 631 g/mol. The van der Waals surface area contributed by atoms with Gasteiger partial charge in [-0.25, -0.2) is 0 Å². The average Bonchev–Trinajstić information content (AvgIpc) is 2.75. The van der Waals surface area contributed by atoms with Gasteiger partial charge in [0.1, 0.15) is 16.5 Å². The van der Waals surface area contributed by atoms with Crippen molar-refractivity contribution in [3.05, 3.63) is 90.8 Å². The van der Waals surface area contributed by atoms with Crippen molar-refractivity contribution in [1.82, 2.24) is 0 Å². The van der Waals surface area contributed by atoms with Gasteiger partial charge in [0.25, 0.3) is 5.91 Å². The number of nitrogens with zero attached hydrogens (tertiary/aromatic N) is 1. The van der Waals surface area contributed by atoms with Crippen LogP contribution in [0.2, 0.25) is 10.0 Å². The molecule has 1 amide bonds. The molecule has 3 aromatic rings. The maximum Gasteiger partial charge on any atom is 0.339 e. The van der Waals surface area contributed by atoms with E-state index in [9.17, 15) is 18.5 Å². The molecule has 0 aromatic heterocycles. The molecular weight excluding hydrogens is 619 g/mol. The molecule has 3 aromatic carbocycles. The molecule has 0 saturated heterocycles. The van der Waals surface area contributed by atoms with Crippen LogP contribution in [0.3, 0.4) is 0 Å². The molecule has 0 aliphatic carbocycles. The molecule has 3 rings (SSSR count).